The molecule has 1 aliphatic heterocycles. The molecular formula is C6H8O3S. The van der Waals surface area contributed by atoms with Gasteiger partial charge in [0.2, 0.25) is 0 Å². The Morgan fingerprint density at radius 1 is 1.80 bits per heavy atom. The number of ether oxygens (including phenoxy) is 1. The van der Waals surface area contributed by atoms with Gasteiger partial charge in [0.05, 0.1) is 7.11 Å². The van der Waals surface area contributed by atoms with Crippen LogP contribution in [-0.4, -0.2) is 29.9 Å². The third kappa shape index (κ3) is 1.31. The molecule has 0 spiro atoms. The van der Waals surface area contributed by atoms with Crippen LogP contribution in [0.1, 0.15) is 6.42 Å². The zero-order chi connectivity index (χ0) is 7.56. The fourth-order valence-electron chi connectivity index (χ4n) is 0.808. The molecule has 1 heterocycles. The molecule has 0 radical (unpaired) electrons. The molecule has 4 heteroatoms. The molecule has 0 N–H and O–H groups in total. The number of hydrogen-bond acceptors (Lipinski definition) is 4. The maximum absolute atomic E-state index is 10.9. The molecular weight excluding hydrogens is 152 g/mol. The highest BCUT2D eigenvalue weighted by Gasteiger charge is 2.32. The lowest BCUT2D eigenvalue weighted by atomic mass is 10.2. The number of rotatable bonds is 1. The number of carbonyl (C=O) groups excluding carboxylic acids is 2. The molecule has 0 aromatic carbocycles. The lowest BCUT2D eigenvalue weighted by Crippen LogP contribution is -2.23. The second kappa shape index (κ2) is 3.05. The Bertz CT molecular complexity index is 166. The number of methoxy groups -OCH3 is 1. The number of Topliss-reactive ketones (excluding diaryl/α,β-unsaturated/α-hetero) is 1. The van der Waals surface area contributed by atoms with Gasteiger partial charge in [0.15, 0.2) is 11.0 Å². The highest BCUT2D eigenvalue weighted by molar-refractivity contribution is 8.01. The van der Waals surface area contributed by atoms with Crippen LogP contribution in [0.2, 0.25) is 0 Å². The largest absolute Gasteiger partial charge is 0.468 e. The van der Waals surface area contributed by atoms with Crippen LogP contribution in [0.25, 0.3) is 0 Å². The third-order valence-electron chi connectivity index (χ3n) is 1.34. The molecule has 1 fully saturated rings. The van der Waals surface area contributed by atoms with E-state index in [2.05, 4.69) is 4.74 Å². The number of hydrogen-bond donors (Lipinski definition) is 0. The van der Waals surface area contributed by atoms with E-state index in [4.69, 9.17) is 0 Å². The molecule has 0 saturated carbocycles. The average Bonchev–Trinajstić information content (AvgIpc) is 2.34. The van der Waals surface area contributed by atoms with Crippen molar-refractivity contribution in [2.75, 3.05) is 12.9 Å². The molecule has 0 amide bonds. The summed E-state index contributed by atoms with van der Waals surface area (Å²) in [5, 5.41) is -0.537. The van der Waals surface area contributed by atoms with Gasteiger partial charge in [-0.05, 0) is 0 Å². The van der Waals surface area contributed by atoms with Crippen molar-refractivity contribution in [3.8, 4) is 0 Å². The van der Waals surface area contributed by atoms with Gasteiger partial charge in [0, 0.05) is 12.2 Å². The van der Waals surface area contributed by atoms with E-state index in [1.165, 1.54) is 18.9 Å². The predicted octanol–water partition coefficient (Wildman–Crippen LogP) is 0.234. The summed E-state index contributed by atoms with van der Waals surface area (Å²) in [6.07, 6.45) is 0.504. The summed E-state index contributed by atoms with van der Waals surface area (Å²) in [6, 6.07) is 0. The minimum absolute atomic E-state index is 0.00292. The van der Waals surface area contributed by atoms with Gasteiger partial charge in [-0.25, -0.2) is 0 Å². The summed E-state index contributed by atoms with van der Waals surface area (Å²) in [5.41, 5.74) is 0. The first-order valence-corrected chi connectivity index (χ1v) is 4.02. The summed E-state index contributed by atoms with van der Waals surface area (Å²) < 4.78 is 4.42. The van der Waals surface area contributed by atoms with Crippen LogP contribution in [0.5, 0.6) is 0 Å². The lowest BCUT2D eigenvalue weighted by Gasteiger charge is -2.02. The van der Waals surface area contributed by atoms with Crippen molar-refractivity contribution in [3.63, 3.8) is 0 Å². The quantitative estimate of drug-likeness (QED) is 0.407. The van der Waals surface area contributed by atoms with E-state index < -0.39 is 11.2 Å². The van der Waals surface area contributed by atoms with Gasteiger partial charge in [-0.2, -0.15) is 0 Å². The van der Waals surface area contributed by atoms with E-state index in [0.717, 1.165) is 5.75 Å². The van der Waals surface area contributed by atoms with Crippen LogP contribution in [0, 0.1) is 0 Å². The Hall–Kier alpha value is -0.510. The Morgan fingerprint density at radius 3 is 2.90 bits per heavy atom. The van der Waals surface area contributed by atoms with E-state index >= 15 is 0 Å². The number of esters is 1. The fourth-order valence-corrected chi connectivity index (χ4v) is 1.90. The standard InChI is InChI=1S/C6H8O3S/c1-9-6(8)5-4(7)2-3-10-5/h5H,2-3H2,1H3/t5-/m1/s1. The monoisotopic (exact) mass is 160 g/mol. The van der Waals surface area contributed by atoms with Gasteiger partial charge in [0.25, 0.3) is 0 Å². The smallest absolute Gasteiger partial charge is 0.326 e. The average molecular weight is 160 g/mol. The molecule has 0 unspecified atom stereocenters. The zero-order valence-corrected chi connectivity index (χ0v) is 6.44. The normalized spacial score (nSPS) is 24.9. The summed E-state index contributed by atoms with van der Waals surface area (Å²) in [7, 11) is 1.30. The van der Waals surface area contributed by atoms with Crippen LogP contribution in [0.3, 0.4) is 0 Å². The van der Waals surface area contributed by atoms with E-state index in [1.54, 1.807) is 0 Å². The van der Waals surface area contributed by atoms with Gasteiger partial charge in [-0.15, -0.1) is 11.8 Å². The van der Waals surface area contributed by atoms with Crippen molar-refractivity contribution in [2.45, 2.75) is 11.7 Å². The molecule has 0 aromatic rings. The Balaban J connectivity index is 2.55. The molecule has 1 rings (SSSR count). The highest BCUT2D eigenvalue weighted by atomic mass is 32.2. The van der Waals surface area contributed by atoms with Crippen LogP contribution in [0.4, 0.5) is 0 Å². The Labute approximate surface area is 63.1 Å². The second-order valence-corrected chi connectivity index (χ2v) is 3.20. The van der Waals surface area contributed by atoms with E-state index in [9.17, 15) is 9.59 Å². The van der Waals surface area contributed by atoms with E-state index in [0.29, 0.717) is 6.42 Å². The molecule has 1 atom stereocenters. The van der Waals surface area contributed by atoms with Gasteiger partial charge in [0.1, 0.15) is 0 Å². The van der Waals surface area contributed by atoms with Crippen molar-refractivity contribution >= 4 is 23.5 Å². The van der Waals surface area contributed by atoms with Gasteiger partial charge >= 0.3 is 5.97 Å². The molecule has 1 aliphatic rings. The summed E-state index contributed by atoms with van der Waals surface area (Å²) in [6.45, 7) is 0. The highest BCUT2D eigenvalue weighted by Crippen LogP contribution is 2.23. The van der Waals surface area contributed by atoms with Gasteiger partial charge in [-0.1, -0.05) is 0 Å². The maximum Gasteiger partial charge on any atom is 0.326 e. The van der Waals surface area contributed by atoms with Crippen LogP contribution < -0.4 is 0 Å². The Morgan fingerprint density at radius 2 is 2.50 bits per heavy atom. The summed E-state index contributed by atoms with van der Waals surface area (Å²) in [5.74, 6) is 0.336. The lowest BCUT2D eigenvalue weighted by molar-refractivity contribution is -0.142. The molecule has 0 aliphatic carbocycles. The van der Waals surface area contributed by atoms with Crippen molar-refractivity contribution in [2.24, 2.45) is 0 Å². The SMILES string of the molecule is COC(=O)[C@@H]1SCCC1=O. The van der Waals surface area contributed by atoms with Crippen molar-refractivity contribution in [1.82, 2.24) is 0 Å². The molecule has 56 valence electrons. The minimum atomic E-state index is -0.537. The zero-order valence-electron chi connectivity index (χ0n) is 5.62. The van der Waals surface area contributed by atoms with Crippen LogP contribution >= 0.6 is 11.8 Å². The molecule has 0 bridgehead atoms. The first-order valence-electron chi connectivity index (χ1n) is 2.98. The van der Waals surface area contributed by atoms with Crippen LogP contribution in [-0.2, 0) is 14.3 Å². The van der Waals surface area contributed by atoms with Gasteiger partial charge < -0.3 is 4.74 Å². The third-order valence-corrected chi connectivity index (χ3v) is 2.57. The second-order valence-electron chi connectivity index (χ2n) is 1.99. The molecule has 10 heavy (non-hydrogen) atoms. The van der Waals surface area contributed by atoms with E-state index in [-0.39, 0.29) is 5.78 Å². The molecule has 3 nitrogen and oxygen atoms in total. The predicted molar refractivity (Wildman–Crippen MR) is 37.9 cm³/mol. The number of carbonyl (C=O) groups is 2. The Kier molecular flexibility index (Phi) is 2.32. The van der Waals surface area contributed by atoms with E-state index in [1.807, 2.05) is 0 Å². The first-order chi connectivity index (χ1) is 4.75. The first kappa shape index (κ1) is 7.60. The summed E-state index contributed by atoms with van der Waals surface area (Å²) in [4.78, 5) is 21.6. The van der Waals surface area contributed by atoms with Crippen molar-refractivity contribution < 1.29 is 14.3 Å². The number of ketones is 1. The maximum atomic E-state index is 10.9. The van der Waals surface area contributed by atoms with Crippen LogP contribution in [0.15, 0.2) is 0 Å². The minimum Gasteiger partial charge on any atom is -0.468 e. The summed E-state index contributed by atoms with van der Waals surface area (Å²) >= 11 is 1.36. The van der Waals surface area contributed by atoms with Crippen molar-refractivity contribution in [1.29, 1.82) is 0 Å². The number of thioether (sulfide) groups is 1. The van der Waals surface area contributed by atoms with Crippen molar-refractivity contribution in [3.05, 3.63) is 0 Å². The van der Waals surface area contributed by atoms with Gasteiger partial charge in [-0.3, -0.25) is 9.59 Å². The fraction of sp³-hybridized carbons (Fsp3) is 0.667. The molecule has 0 aromatic heterocycles. The topological polar surface area (TPSA) is 43.4 Å². The molecule has 1 saturated heterocycles.